The zero-order valence-corrected chi connectivity index (χ0v) is 21.9. The summed E-state index contributed by atoms with van der Waals surface area (Å²) in [6.45, 7) is 17.1. The Labute approximate surface area is 194 Å². The van der Waals surface area contributed by atoms with E-state index in [1.54, 1.807) is 5.57 Å². The number of allylic oxidation sites excluding steroid dienone is 1. The lowest BCUT2D eigenvalue weighted by atomic mass is 9.47. The standard InChI is InChI=1S/C30H52O/c1-20(2)9-8-10-22(5)26-13-14-27-25-12-11-23-19-24(31-21(3)4)15-17-29(23,6)28(25)16-18-30(26,27)7/h11,20-22,24-28H,8-10,12-19H2,1-7H3/t22-,24?,25?,26?,27?,28?,29+,30-/m1/s1. The lowest BCUT2D eigenvalue weighted by Crippen LogP contribution is -2.51. The molecule has 4 aliphatic carbocycles. The lowest BCUT2D eigenvalue weighted by Gasteiger charge is -2.58. The van der Waals surface area contributed by atoms with E-state index in [0.29, 0.717) is 23.0 Å². The fraction of sp³-hybridized carbons (Fsp3) is 0.933. The molecule has 0 heterocycles. The van der Waals surface area contributed by atoms with Gasteiger partial charge in [-0.05, 0) is 112 Å². The van der Waals surface area contributed by atoms with Crippen LogP contribution in [0, 0.1) is 46.3 Å². The van der Waals surface area contributed by atoms with Crippen molar-refractivity contribution >= 4 is 0 Å². The summed E-state index contributed by atoms with van der Waals surface area (Å²) in [6, 6.07) is 0. The Morgan fingerprint density at radius 1 is 0.935 bits per heavy atom. The van der Waals surface area contributed by atoms with E-state index < -0.39 is 0 Å². The van der Waals surface area contributed by atoms with Crippen molar-refractivity contribution in [2.45, 2.75) is 131 Å². The molecule has 0 amide bonds. The monoisotopic (exact) mass is 428 g/mol. The molecule has 4 aliphatic rings. The average Bonchev–Trinajstić information content (AvgIpc) is 3.05. The molecular weight excluding hydrogens is 376 g/mol. The van der Waals surface area contributed by atoms with E-state index in [-0.39, 0.29) is 0 Å². The Bertz CT molecular complexity index is 647. The fourth-order valence-corrected chi connectivity index (χ4v) is 9.15. The molecule has 0 saturated heterocycles. The third kappa shape index (κ3) is 4.43. The Hall–Kier alpha value is -0.300. The van der Waals surface area contributed by atoms with Gasteiger partial charge in [-0.25, -0.2) is 0 Å². The van der Waals surface area contributed by atoms with Crippen LogP contribution in [0.5, 0.6) is 0 Å². The van der Waals surface area contributed by atoms with Crippen molar-refractivity contribution in [3.63, 3.8) is 0 Å². The average molecular weight is 429 g/mol. The Morgan fingerprint density at radius 3 is 2.42 bits per heavy atom. The molecule has 8 atom stereocenters. The Kier molecular flexibility index (Phi) is 7.04. The maximum Gasteiger partial charge on any atom is 0.0616 e. The summed E-state index contributed by atoms with van der Waals surface area (Å²) in [7, 11) is 0. The van der Waals surface area contributed by atoms with Crippen LogP contribution in [-0.4, -0.2) is 12.2 Å². The molecular formula is C30H52O. The van der Waals surface area contributed by atoms with Crippen molar-refractivity contribution in [1.29, 1.82) is 0 Å². The van der Waals surface area contributed by atoms with Crippen LogP contribution in [0.25, 0.3) is 0 Å². The number of hydrogen-bond donors (Lipinski definition) is 0. The van der Waals surface area contributed by atoms with Gasteiger partial charge in [-0.1, -0.05) is 65.5 Å². The molecule has 0 spiro atoms. The first-order valence-electron chi connectivity index (χ1n) is 14.0. The summed E-state index contributed by atoms with van der Waals surface area (Å²) in [5.74, 6) is 5.60. The highest BCUT2D eigenvalue weighted by Crippen LogP contribution is 2.67. The van der Waals surface area contributed by atoms with Gasteiger partial charge in [0.1, 0.15) is 0 Å². The van der Waals surface area contributed by atoms with E-state index in [2.05, 4.69) is 54.5 Å². The smallest absolute Gasteiger partial charge is 0.0616 e. The minimum Gasteiger partial charge on any atom is -0.375 e. The van der Waals surface area contributed by atoms with Crippen molar-refractivity contribution in [2.24, 2.45) is 46.3 Å². The molecule has 0 N–H and O–H groups in total. The van der Waals surface area contributed by atoms with Crippen LogP contribution >= 0.6 is 0 Å². The van der Waals surface area contributed by atoms with Crippen molar-refractivity contribution in [3.8, 4) is 0 Å². The zero-order chi connectivity index (χ0) is 22.4. The van der Waals surface area contributed by atoms with E-state index in [0.717, 1.165) is 35.5 Å². The normalized spacial score (nSPS) is 43.4. The van der Waals surface area contributed by atoms with Gasteiger partial charge >= 0.3 is 0 Å². The predicted molar refractivity (Wildman–Crippen MR) is 133 cm³/mol. The summed E-state index contributed by atoms with van der Waals surface area (Å²) in [5.41, 5.74) is 2.84. The maximum atomic E-state index is 6.25. The van der Waals surface area contributed by atoms with Gasteiger partial charge in [0.05, 0.1) is 12.2 Å². The molecule has 31 heavy (non-hydrogen) atoms. The second kappa shape index (κ2) is 9.15. The number of rotatable bonds is 7. The predicted octanol–water partition coefficient (Wildman–Crippen LogP) is 8.82. The molecule has 1 nitrogen and oxygen atoms in total. The van der Waals surface area contributed by atoms with Gasteiger partial charge in [-0.2, -0.15) is 0 Å². The molecule has 3 fully saturated rings. The summed E-state index contributed by atoms with van der Waals surface area (Å²) < 4.78 is 6.25. The third-order valence-electron chi connectivity index (χ3n) is 10.7. The van der Waals surface area contributed by atoms with Crippen molar-refractivity contribution < 1.29 is 4.74 Å². The van der Waals surface area contributed by atoms with Crippen LogP contribution in [0.1, 0.15) is 119 Å². The fourth-order valence-electron chi connectivity index (χ4n) is 9.15. The molecule has 3 saturated carbocycles. The molecule has 0 bridgehead atoms. The molecule has 178 valence electrons. The number of hydrogen-bond acceptors (Lipinski definition) is 1. The lowest BCUT2D eigenvalue weighted by molar-refractivity contribution is -0.0707. The van der Waals surface area contributed by atoms with Crippen LogP contribution in [0.3, 0.4) is 0 Å². The zero-order valence-electron chi connectivity index (χ0n) is 21.9. The number of ether oxygens (including phenoxy) is 1. The van der Waals surface area contributed by atoms with E-state index in [1.807, 2.05) is 0 Å². The summed E-state index contributed by atoms with van der Waals surface area (Å²) in [4.78, 5) is 0. The van der Waals surface area contributed by atoms with Gasteiger partial charge in [0.25, 0.3) is 0 Å². The molecule has 0 radical (unpaired) electrons. The van der Waals surface area contributed by atoms with E-state index >= 15 is 0 Å². The Morgan fingerprint density at radius 2 is 1.71 bits per heavy atom. The maximum absolute atomic E-state index is 6.25. The quantitative estimate of drug-likeness (QED) is 0.368. The van der Waals surface area contributed by atoms with E-state index in [9.17, 15) is 0 Å². The van der Waals surface area contributed by atoms with Gasteiger partial charge in [0.2, 0.25) is 0 Å². The van der Waals surface area contributed by atoms with E-state index in [4.69, 9.17) is 4.74 Å². The highest BCUT2D eigenvalue weighted by molar-refractivity contribution is 5.25. The second-order valence-electron chi connectivity index (χ2n) is 13.3. The highest BCUT2D eigenvalue weighted by atomic mass is 16.5. The summed E-state index contributed by atoms with van der Waals surface area (Å²) in [6.07, 6.45) is 19.0. The van der Waals surface area contributed by atoms with Gasteiger partial charge in [0.15, 0.2) is 0 Å². The molecule has 0 aromatic rings. The molecule has 1 heteroatoms. The largest absolute Gasteiger partial charge is 0.375 e. The Balaban J connectivity index is 1.46. The molecule has 0 aromatic carbocycles. The van der Waals surface area contributed by atoms with Crippen LogP contribution in [0.4, 0.5) is 0 Å². The first-order valence-corrected chi connectivity index (χ1v) is 14.0. The molecule has 4 rings (SSSR count). The first kappa shape index (κ1) is 23.8. The third-order valence-corrected chi connectivity index (χ3v) is 10.7. The minimum atomic E-state index is 0.361. The van der Waals surface area contributed by atoms with Crippen LogP contribution < -0.4 is 0 Å². The number of fused-ring (bicyclic) bond motifs is 5. The molecule has 0 aliphatic heterocycles. The first-order chi connectivity index (χ1) is 14.6. The van der Waals surface area contributed by atoms with Gasteiger partial charge < -0.3 is 4.74 Å². The van der Waals surface area contributed by atoms with Gasteiger partial charge in [0, 0.05) is 0 Å². The van der Waals surface area contributed by atoms with E-state index in [1.165, 1.54) is 70.6 Å². The van der Waals surface area contributed by atoms with Gasteiger partial charge in [-0.15, -0.1) is 0 Å². The molecule has 0 aromatic heterocycles. The second-order valence-corrected chi connectivity index (χ2v) is 13.3. The minimum absolute atomic E-state index is 0.361. The highest BCUT2D eigenvalue weighted by Gasteiger charge is 2.59. The van der Waals surface area contributed by atoms with Crippen LogP contribution in [0.2, 0.25) is 0 Å². The van der Waals surface area contributed by atoms with Crippen molar-refractivity contribution in [3.05, 3.63) is 11.6 Å². The van der Waals surface area contributed by atoms with Crippen LogP contribution in [-0.2, 0) is 4.74 Å². The summed E-state index contributed by atoms with van der Waals surface area (Å²) in [5, 5.41) is 0. The summed E-state index contributed by atoms with van der Waals surface area (Å²) >= 11 is 0. The van der Waals surface area contributed by atoms with Crippen molar-refractivity contribution in [2.75, 3.05) is 0 Å². The molecule has 5 unspecified atom stereocenters. The van der Waals surface area contributed by atoms with Gasteiger partial charge in [-0.3, -0.25) is 0 Å². The van der Waals surface area contributed by atoms with Crippen LogP contribution in [0.15, 0.2) is 11.6 Å². The SMILES string of the molecule is CC(C)CCC[C@@H](C)C1CCC2C3CC=C4CC(OC(C)C)CC[C@]4(C)C3CC[C@@]21C. The topological polar surface area (TPSA) is 9.23 Å². The van der Waals surface area contributed by atoms with Crippen molar-refractivity contribution in [1.82, 2.24) is 0 Å².